The molecular formula is C21H25F3N2O5S. The topological polar surface area (TPSA) is 102 Å². The fraction of sp³-hybridized carbons (Fsp3) is 0.476. The van der Waals surface area contributed by atoms with Crippen LogP contribution in [0.5, 0.6) is 0 Å². The quantitative estimate of drug-likeness (QED) is 0.612. The van der Waals surface area contributed by atoms with E-state index in [1.165, 1.54) is 26.0 Å². The molecule has 2 atom stereocenters. The highest BCUT2D eigenvalue weighted by Crippen LogP contribution is 2.41. The SMILES string of the molecule is COC(=O)C1C(C)=NC(C)=C(C(=O)CS(=O)(=O)NC(C)C)C1c1cccc(C(F)(F)F)c1. The minimum absolute atomic E-state index is 0.0291. The molecule has 7 nitrogen and oxygen atoms in total. The summed E-state index contributed by atoms with van der Waals surface area (Å²) in [4.78, 5) is 29.9. The number of rotatable bonds is 7. The monoisotopic (exact) mass is 474 g/mol. The highest BCUT2D eigenvalue weighted by molar-refractivity contribution is 7.90. The standard InChI is InChI=1S/C21H25F3N2O5S/c1-11(2)26-32(29,30)10-16(27)17-12(3)25-13(4)18(20(28)31-5)19(17)14-7-6-8-15(9-14)21(22,23)24/h6-9,11,18-19,26H,10H2,1-5H3. The van der Waals surface area contributed by atoms with Crippen LogP contribution in [0.3, 0.4) is 0 Å². The fourth-order valence-corrected chi connectivity index (χ4v) is 5.06. The largest absolute Gasteiger partial charge is 0.468 e. The van der Waals surface area contributed by atoms with Crippen LogP contribution in [-0.4, -0.2) is 44.8 Å². The summed E-state index contributed by atoms with van der Waals surface area (Å²) in [5.41, 5.74) is -0.690. The molecule has 0 aliphatic carbocycles. The molecular weight excluding hydrogens is 449 g/mol. The lowest BCUT2D eigenvalue weighted by Gasteiger charge is -2.32. The third kappa shape index (κ3) is 5.83. The molecule has 1 heterocycles. The van der Waals surface area contributed by atoms with Gasteiger partial charge in [-0.15, -0.1) is 0 Å². The molecule has 0 saturated heterocycles. The van der Waals surface area contributed by atoms with Gasteiger partial charge in [0, 0.05) is 28.9 Å². The maximum absolute atomic E-state index is 13.3. The van der Waals surface area contributed by atoms with Crippen molar-refractivity contribution in [1.29, 1.82) is 0 Å². The molecule has 1 N–H and O–H groups in total. The zero-order chi connectivity index (χ0) is 24.4. The van der Waals surface area contributed by atoms with E-state index in [0.717, 1.165) is 19.2 Å². The number of esters is 1. The number of ether oxygens (including phenoxy) is 1. The van der Waals surface area contributed by atoms with Crippen molar-refractivity contribution in [3.63, 3.8) is 0 Å². The maximum Gasteiger partial charge on any atom is 0.416 e. The van der Waals surface area contributed by atoms with Crippen molar-refractivity contribution in [2.75, 3.05) is 12.9 Å². The molecule has 1 aromatic carbocycles. The number of halogens is 3. The number of aliphatic imine (C=N–C) groups is 1. The van der Waals surface area contributed by atoms with Gasteiger partial charge in [0.25, 0.3) is 0 Å². The summed E-state index contributed by atoms with van der Waals surface area (Å²) >= 11 is 0. The van der Waals surface area contributed by atoms with Gasteiger partial charge in [-0.3, -0.25) is 14.6 Å². The van der Waals surface area contributed by atoms with Crippen molar-refractivity contribution in [3.8, 4) is 0 Å². The molecule has 176 valence electrons. The smallest absolute Gasteiger partial charge is 0.416 e. The average molecular weight is 475 g/mol. The molecule has 2 unspecified atom stereocenters. The van der Waals surface area contributed by atoms with Crippen LogP contribution in [0.25, 0.3) is 0 Å². The molecule has 32 heavy (non-hydrogen) atoms. The second-order valence-electron chi connectivity index (χ2n) is 7.81. The van der Waals surface area contributed by atoms with Crippen LogP contribution in [0.15, 0.2) is 40.5 Å². The van der Waals surface area contributed by atoms with Crippen LogP contribution < -0.4 is 4.72 Å². The summed E-state index contributed by atoms with van der Waals surface area (Å²) in [7, 11) is -2.91. The first-order valence-electron chi connectivity index (χ1n) is 9.72. The van der Waals surface area contributed by atoms with Crippen molar-refractivity contribution in [2.24, 2.45) is 10.9 Å². The van der Waals surface area contributed by atoms with Crippen LogP contribution in [0.1, 0.15) is 44.7 Å². The molecule has 0 aromatic heterocycles. The van der Waals surface area contributed by atoms with Gasteiger partial charge < -0.3 is 4.74 Å². The number of benzene rings is 1. The molecule has 1 aliphatic heterocycles. The molecule has 0 spiro atoms. The predicted octanol–water partition coefficient (Wildman–Crippen LogP) is 3.22. The summed E-state index contributed by atoms with van der Waals surface area (Å²) in [6.45, 7) is 6.12. The van der Waals surface area contributed by atoms with E-state index in [2.05, 4.69) is 9.71 Å². The summed E-state index contributed by atoms with van der Waals surface area (Å²) in [5.74, 6) is -4.97. The number of Topliss-reactive ketones (excluding diaryl/α,β-unsaturated/α-hetero) is 1. The minimum Gasteiger partial charge on any atom is -0.468 e. The average Bonchev–Trinajstić information content (AvgIpc) is 2.64. The van der Waals surface area contributed by atoms with Gasteiger partial charge in [-0.25, -0.2) is 13.1 Å². The van der Waals surface area contributed by atoms with E-state index in [9.17, 15) is 31.2 Å². The first-order valence-corrected chi connectivity index (χ1v) is 11.4. The number of nitrogens with zero attached hydrogens (tertiary/aromatic N) is 1. The first-order chi connectivity index (χ1) is 14.7. The zero-order valence-corrected chi connectivity index (χ0v) is 19.1. The van der Waals surface area contributed by atoms with E-state index < -0.39 is 57.1 Å². The van der Waals surface area contributed by atoms with E-state index in [-0.39, 0.29) is 22.5 Å². The molecule has 0 radical (unpaired) electrons. The Morgan fingerprint density at radius 3 is 2.38 bits per heavy atom. The highest BCUT2D eigenvalue weighted by Gasteiger charge is 2.43. The number of alkyl halides is 3. The molecule has 1 aliphatic rings. The Hall–Kier alpha value is -2.53. The van der Waals surface area contributed by atoms with Crippen molar-refractivity contribution in [2.45, 2.75) is 45.8 Å². The lowest BCUT2D eigenvalue weighted by atomic mass is 9.74. The van der Waals surface area contributed by atoms with Crippen molar-refractivity contribution >= 4 is 27.5 Å². The zero-order valence-electron chi connectivity index (χ0n) is 18.3. The summed E-state index contributed by atoms with van der Waals surface area (Å²) in [6.07, 6.45) is -4.65. The molecule has 0 fully saturated rings. The number of hydrogen-bond donors (Lipinski definition) is 1. The lowest BCUT2D eigenvalue weighted by Crippen LogP contribution is -2.39. The van der Waals surface area contributed by atoms with Crippen LogP contribution in [0.2, 0.25) is 0 Å². The van der Waals surface area contributed by atoms with Crippen LogP contribution in [-0.2, 0) is 30.5 Å². The van der Waals surface area contributed by atoms with Crippen LogP contribution in [0, 0.1) is 5.92 Å². The van der Waals surface area contributed by atoms with Gasteiger partial charge >= 0.3 is 12.1 Å². The second kappa shape index (κ2) is 9.53. The number of carbonyl (C=O) groups is 2. The Labute approximate surface area is 184 Å². The fourth-order valence-electron chi connectivity index (χ4n) is 3.75. The Morgan fingerprint density at radius 1 is 1.22 bits per heavy atom. The van der Waals surface area contributed by atoms with Gasteiger partial charge in [0.05, 0.1) is 12.7 Å². The van der Waals surface area contributed by atoms with E-state index in [1.54, 1.807) is 13.8 Å². The van der Waals surface area contributed by atoms with Crippen molar-refractivity contribution in [1.82, 2.24) is 4.72 Å². The predicted molar refractivity (Wildman–Crippen MR) is 113 cm³/mol. The van der Waals surface area contributed by atoms with Crippen molar-refractivity contribution < 1.29 is 35.9 Å². The Morgan fingerprint density at radius 2 is 1.84 bits per heavy atom. The number of nitrogens with one attached hydrogen (secondary N) is 1. The molecule has 2 rings (SSSR count). The molecule has 0 amide bonds. The lowest BCUT2D eigenvalue weighted by molar-refractivity contribution is -0.143. The Bertz CT molecular complexity index is 1080. The van der Waals surface area contributed by atoms with E-state index in [4.69, 9.17) is 4.74 Å². The number of ketones is 1. The van der Waals surface area contributed by atoms with Gasteiger partial charge in [-0.05, 0) is 39.3 Å². The minimum atomic E-state index is -4.65. The molecule has 1 aromatic rings. The number of sulfonamides is 1. The summed E-state index contributed by atoms with van der Waals surface area (Å²) in [5, 5.41) is 0. The highest BCUT2D eigenvalue weighted by atomic mass is 32.2. The van der Waals surface area contributed by atoms with E-state index >= 15 is 0 Å². The number of allylic oxidation sites excluding steroid dienone is 2. The van der Waals surface area contributed by atoms with Crippen molar-refractivity contribution in [3.05, 3.63) is 46.7 Å². The van der Waals surface area contributed by atoms with Gasteiger partial charge in [0.2, 0.25) is 10.0 Å². The first kappa shape index (κ1) is 25.7. The van der Waals surface area contributed by atoms with Gasteiger partial charge in [-0.1, -0.05) is 18.2 Å². The number of methoxy groups -OCH3 is 1. The van der Waals surface area contributed by atoms with Gasteiger partial charge in [-0.2, -0.15) is 13.2 Å². The Balaban J connectivity index is 2.67. The second-order valence-corrected chi connectivity index (χ2v) is 9.56. The van der Waals surface area contributed by atoms with Gasteiger partial charge in [0.15, 0.2) is 5.78 Å². The Kier molecular flexibility index (Phi) is 7.67. The number of carbonyl (C=O) groups excluding carboxylic acids is 2. The maximum atomic E-state index is 13.3. The summed E-state index contributed by atoms with van der Waals surface area (Å²) < 4.78 is 71.8. The van der Waals surface area contributed by atoms with E-state index in [1.807, 2.05) is 0 Å². The molecule has 0 bridgehead atoms. The van der Waals surface area contributed by atoms with E-state index in [0.29, 0.717) is 0 Å². The van der Waals surface area contributed by atoms with Crippen LogP contribution >= 0.6 is 0 Å². The summed E-state index contributed by atoms with van der Waals surface area (Å²) in [6, 6.07) is 3.78. The molecule has 11 heteroatoms. The third-order valence-corrected chi connectivity index (χ3v) is 6.37. The number of hydrogen-bond acceptors (Lipinski definition) is 6. The van der Waals surface area contributed by atoms with Gasteiger partial charge in [0.1, 0.15) is 11.7 Å². The molecule has 0 saturated carbocycles. The third-order valence-electron chi connectivity index (χ3n) is 4.89. The normalized spacial score (nSPS) is 19.7. The van der Waals surface area contributed by atoms with Crippen LogP contribution in [0.4, 0.5) is 13.2 Å².